The highest BCUT2D eigenvalue weighted by atomic mass is 16.5. The lowest BCUT2D eigenvalue weighted by molar-refractivity contribution is 0.106. The van der Waals surface area contributed by atoms with E-state index in [1.165, 1.54) is 12.1 Å². The van der Waals surface area contributed by atoms with Gasteiger partial charge in [-0.15, -0.1) is 0 Å². The van der Waals surface area contributed by atoms with Crippen molar-refractivity contribution in [3.05, 3.63) is 0 Å². The molecule has 1 fully saturated rings. The molecular weight excluding hydrogens is 144 g/mol. The number of hydrazine groups is 1. The molecule has 0 aromatic heterocycles. The third-order valence-corrected chi connectivity index (χ3v) is 2.10. The standard InChI is InChI=1S/C7H14N2O2/c1-11-7(10)9(8)6-4-2-3-5-6/h6H,2-5,8H2,1H3. The van der Waals surface area contributed by atoms with Crippen molar-refractivity contribution >= 4 is 6.09 Å². The SMILES string of the molecule is COC(=O)N(N)C1CCCC1. The minimum absolute atomic E-state index is 0.197. The van der Waals surface area contributed by atoms with Crippen LogP contribution in [0.2, 0.25) is 0 Å². The zero-order valence-corrected chi connectivity index (χ0v) is 6.75. The van der Waals surface area contributed by atoms with E-state index < -0.39 is 6.09 Å². The molecular formula is C7H14N2O2. The van der Waals surface area contributed by atoms with Crippen molar-refractivity contribution in [1.82, 2.24) is 5.01 Å². The fourth-order valence-electron chi connectivity index (χ4n) is 1.44. The fraction of sp³-hybridized carbons (Fsp3) is 0.857. The first kappa shape index (κ1) is 8.33. The second kappa shape index (κ2) is 3.57. The number of methoxy groups -OCH3 is 1. The third-order valence-electron chi connectivity index (χ3n) is 2.10. The summed E-state index contributed by atoms with van der Waals surface area (Å²) < 4.78 is 4.49. The molecule has 11 heavy (non-hydrogen) atoms. The summed E-state index contributed by atoms with van der Waals surface area (Å²) in [6.45, 7) is 0. The molecule has 1 aliphatic carbocycles. The van der Waals surface area contributed by atoms with Crippen LogP contribution in [0.5, 0.6) is 0 Å². The first-order valence-electron chi connectivity index (χ1n) is 3.87. The minimum atomic E-state index is -0.433. The largest absolute Gasteiger partial charge is 0.452 e. The molecule has 2 N–H and O–H groups in total. The molecule has 0 aromatic carbocycles. The van der Waals surface area contributed by atoms with Gasteiger partial charge < -0.3 is 4.74 Å². The maximum Gasteiger partial charge on any atom is 0.424 e. The van der Waals surface area contributed by atoms with Crippen molar-refractivity contribution in [3.63, 3.8) is 0 Å². The van der Waals surface area contributed by atoms with Crippen LogP contribution in [0.15, 0.2) is 0 Å². The van der Waals surface area contributed by atoms with Crippen LogP contribution >= 0.6 is 0 Å². The van der Waals surface area contributed by atoms with Crippen molar-refractivity contribution in [2.24, 2.45) is 5.84 Å². The molecule has 1 amide bonds. The molecule has 1 rings (SSSR count). The molecule has 1 saturated carbocycles. The van der Waals surface area contributed by atoms with E-state index in [-0.39, 0.29) is 6.04 Å². The van der Waals surface area contributed by atoms with Crippen LogP contribution in [0.25, 0.3) is 0 Å². The average Bonchev–Trinajstić information content (AvgIpc) is 2.53. The summed E-state index contributed by atoms with van der Waals surface area (Å²) in [6.07, 6.45) is 3.90. The highest BCUT2D eigenvalue weighted by molar-refractivity contribution is 5.66. The number of carbonyl (C=O) groups excluding carboxylic acids is 1. The van der Waals surface area contributed by atoms with Crippen molar-refractivity contribution in [2.45, 2.75) is 31.7 Å². The van der Waals surface area contributed by atoms with E-state index in [4.69, 9.17) is 5.84 Å². The Labute approximate surface area is 66.3 Å². The lowest BCUT2D eigenvalue weighted by atomic mass is 10.2. The summed E-state index contributed by atoms with van der Waals surface area (Å²) >= 11 is 0. The molecule has 64 valence electrons. The molecule has 0 atom stereocenters. The summed E-state index contributed by atoms with van der Waals surface area (Å²) in [5, 5.41) is 1.20. The van der Waals surface area contributed by atoms with Gasteiger partial charge in [0.05, 0.1) is 13.2 Å². The van der Waals surface area contributed by atoms with Crippen LogP contribution in [-0.4, -0.2) is 24.3 Å². The van der Waals surface area contributed by atoms with Crippen LogP contribution in [-0.2, 0) is 4.74 Å². The Hall–Kier alpha value is -0.770. The average molecular weight is 158 g/mol. The van der Waals surface area contributed by atoms with E-state index in [1.54, 1.807) is 0 Å². The molecule has 0 spiro atoms. The molecule has 0 aliphatic heterocycles. The first-order valence-corrected chi connectivity index (χ1v) is 3.87. The van der Waals surface area contributed by atoms with Gasteiger partial charge >= 0.3 is 6.09 Å². The number of nitrogens with two attached hydrogens (primary N) is 1. The molecule has 0 unspecified atom stereocenters. The first-order chi connectivity index (χ1) is 5.25. The lowest BCUT2D eigenvalue weighted by Gasteiger charge is -2.21. The molecule has 0 radical (unpaired) electrons. The highest BCUT2D eigenvalue weighted by Crippen LogP contribution is 2.21. The Morgan fingerprint density at radius 3 is 2.55 bits per heavy atom. The second-order valence-corrected chi connectivity index (χ2v) is 2.82. The summed E-state index contributed by atoms with van der Waals surface area (Å²) in [6, 6.07) is 0.197. The van der Waals surface area contributed by atoms with Crippen LogP contribution in [0, 0.1) is 0 Å². The summed E-state index contributed by atoms with van der Waals surface area (Å²) in [4.78, 5) is 10.9. The Kier molecular flexibility index (Phi) is 2.70. The van der Waals surface area contributed by atoms with E-state index in [0.29, 0.717) is 0 Å². The maximum atomic E-state index is 10.9. The van der Waals surface area contributed by atoms with E-state index in [2.05, 4.69) is 4.74 Å². The van der Waals surface area contributed by atoms with Gasteiger partial charge in [0.25, 0.3) is 0 Å². The molecule has 4 heteroatoms. The normalized spacial score (nSPS) is 18.4. The van der Waals surface area contributed by atoms with E-state index in [0.717, 1.165) is 25.7 Å². The van der Waals surface area contributed by atoms with Crippen LogP contribution in [0.1, 0.15) is 25.7 Å². The van der Waals surface area contributed by atoms with Gasteiger partial charge in [-0.2, -0.15) is 0 Å². The van der Waals surface area contributed by atoms with Crippen molar-refractivity contribution in [3.8, 4) is 0 Å². The highest BCUT2D eigenvalue weighted by Gasteiger charge is 2.24. The summed E-state index contributed by atoms with van der Waals surface area (Å²) in [5.41, 5.74) is 0. The predicted molar refractivity (Wildman–Crippen MR) is 40.7 cm³/mol. The van der Waals surface area contributed by atoms with Crippen LogP contribution in [0.4, 0.5) is 4.79 Å². The summed E-state index contributed by atoms with van der Waals surface area (Å²) in [7, 11) is 1.34. The number of ether oxygens (including phenoxy) is 1. The number of amides is 1. The molecule has 0 saturated heterocycles. The van der Waals surface area contributed by atoms with Gasteiger partial charge in [0, 0.05) is 0 Å². The monoisotopic (exact) mass is 158 g/mol. The zero-order valence-electron chi connectivity index (χ0n) is 6.75. The molecule has 0 bridgehead atoms. The number of rotatable bonds is 1. The Morgan fingerprint density at radius 1 is 1.55 bits per heavy atom. The van der Waals surface area contributed by atoms with Crippen LogP contribution in [0.3, 0.4) is 0 Å². The van der Waals surface area contributed by atoms with Crippen molar-refractivity contribution < 1.29 is 9.53 Å². The van der Waals surface area contributed by atoms with E-state index >= 15 is 0 Å². The van der Waals surface area contributed by atoms with Gasteiger partial charge in [0.2, 0.25) is 0 Å². The molecule has 0 heterocycles. The van der Waals surface area contributed by atoms with Crippen LogP contribution < -0.4 is 5.84 Å². The summed E-state index contributed by atoms with van der Waals surface area (Å²) in [5.74, 6) is 5.49. The quantitative estimate of drug-likeness (QED) is 0.350. The van der Waals surface area contributed by atoms with Gasteiger partial charge in [-0.3, -0.25) is 0 Å². The Morgan fingerprint density at radius 2 is 2.09 bits per heavy atom. The number of hydrogen-bond donors (Lipinski definition) is 1. The molecule has 0 aromatic rings. The van der Waals surface area contributed by atoms with Gasteiger partial charge in [-0.1, -0.05) is 12.8 Å². The van der Waals surface area contributed by atoms with Gasteiger partial charge in [-0.05, 0) is 12.8 Å². The van der Waals surface area contributed by atoms with Crippen molar-refractivity contribution in [1.29, 1.82) is 0 Å². The maximum absolute atomic E-state index is 10.9. The van der Waals surface area contributed by atoms with Gasteiger partial charge in [0.15, 0.2) is 0 Å². The second-order valence-electron chi connectivity index (χ2n) is 2.82. The van der Waals surface area contributed by atoms with E-state index in [9.17, 15) is 4.79 Å². The van der Waals surface area contributed by atoms with Gasteiger partial charge in [0.1, 0.15) is 0 Å². The number of hydrogen-bond acceptors (Lipinski definition) is 3. The third kappa shape index (κ3) is 1.83. The minimum Gasteiger partial charge on any atom is -0.452 e. The Balaban J connectivity index is 2.39. The number of carbonyl (C=O) groups is 1. The van der Waals surface area contributed by atoms with Gasteiger partial charge in [-0.25, -0.2) is 15.6 Å². The van der Waals surface area contributed by atoms with Crippen molar-refractivity contribution in [2.75, 3.05) is 7.11 Å². The lowest BCUT2D eigenvalue weighted by Crippen LogP contribution is -2.44. The fourth-order valence-corrected chi connectivity index (χ4v) is 1.44. The smallest absolute Gasteiger partial charge is 0.424 e. The Bertz CT molecular complexity index is 143. The van der Waals surface area contributed by atoms with E-state index in [1.807, 2.05) is 0 Å². The zero-order chi connectivity index (χ0) is 8.27. The molecule has 4 nitrogen and oxygen atoms in total. The molecule has 1 aliphatic rings. The topological polar surface area (TPSA) is 55.6 Å². The number of nitrogens with zero attached hydrogens (tertiary/aromatic N) is 1. The predicted octanol–water partition coefficient (Wildman–Crippen LogP) is 0.871.